The van der Waals surface area contributed by atoms with Crippen LogP contribution in [0.15, 0.2) is 47.8 Å². The summed E-state index contributed by atoms with van der Waals surface area (Å²) >= 11 is 0. The van der Waals surface area contributed by atoms with Crippen LogP contribution in [0.5, 0.6) is 17.2 Å². The first kappa shape index (κ1) is 25.2. The molecule has 1 aromatic carbocycles. The van der Waals surface area contributed by atoms with Crippen molar-refractivity contribution in [1.29, 1.82) is 0 Å². The average molecular weight is 552 g/mol. The first-order valence-electron chi connectivity index (χ1n) is 9.78. The first-order valence-corrected chi connectivity index (χ1v) is 9.78. The van der Waals surface area contributed by atoms with Crippen LogP contribution in [0.2, 0.25) is 0 Å². The van der Waals surface area contributed by atoms with Gasteiger partial charge < -0.3 is 24.8 Å². The molecule has 0 atom stereocenters. The van der Waals surface area contributed by atoms with Gasteiger partial charge in [-0.2, -0.15) is 0 Å². The minimum atomic E-state index is 0. The van der Waals surface area contributed by atoms with Crippen LogP contribution in [-0.2, 0) is 13.1 Å². The van der Waals surface area contributed by atoms with E-state index in [0.717, 1.165) is 22.8 Å². The normalized spacial score (nSPS) is 10.8. The summed E-state index contributed by atoms with van der Waals surface area (Å²) in [6.07, 6.45) is 5.49. The van der Waals surface area contributed by atoms with Crippen LogP contribution in [0, 0.1) is 6.92 Å². The third kappa shape index (κ3) is 6.02. The molecule has 2 aromatic heterocycles. The predicted molar refractivity (Wildman–Crippen MR) is 135 cm³/mol. The third-order valence-corrected chi connectivity index (χ3v) is 4.75. The molecule has 0 radical (unpaired) electrons. The maximum atomic E-state index is 5.41. The molecule has 3 aromatic rings. The van der Waals surface area contributed by atoms with Crippen LogP contribution in [0.4, 0.5) is 0 Å². The van der Waals surface area contributed by atoms with Crippen LogP contribution in [-0.4, -0.2) is 48.9 Å². The second kappa shape index (κ2) is 12.1. The standard InChI is InChI=1S/C22H28N6O3.HI/c1-15-24-8-9-28(15)20-7-6-16(12-25-20)13-26-22(23-2)27-14-17-10-18(29-3)21(31-5)19(11-17)30-4;/h6-12H,13-14H2,1-5H3,(H2,23,26,27);1H. The van der Waals surface area contributed by atoms with Crippen molar-refractivity contribution >= 4 is 29.9 Å². The molecule has 0 unspecified atom stereocenters. The first-order chi connectivity index (χ1) is 15.1. The smallest absolute Gasteiger partial charge is 0.203 e. The topological polar surface area (TPSA) is 94.8 Å². The van der Waals surface area contributed by atoms with Gasteiger partial charge in [-0.25, -0.2) is 9.97 Å². The third-order valence-electron chi connectivity index (χ3n) is 4.75. The molecule has 0 aliphatic carbocycles. The van der Waals surface area contributed by atoms with Crippen molar-refractivity contribution in [2.45, 2.75) is 20.0 Å². The molecular formula is C22H29IN6O3. The van der Waals surface area contributed by atoms with E-state index in [-0.39, 0.29) is 24.0 Å². The van der Waals surface area contributed by atoms with Gasteiger partial charge in [0.05, 0.1) is 21.3 Å². The van der Waals surface area contributed by atoms with Crippen LogP contribution in [0.3, 0.4) is 0 Å². The van der Waals surface area contributed by atoms with Crippen molar-refractivity contribution in [3.05, 3.63) is 59.8 Å². The van der Waals surface area contributed by atoms with E-state index >= 15 is 0 Å². The lowest BCUT2D eigenvalue weighted by Gasteiger charge is -2.16. The molecule has 2 N–H and O–H groups in total. The summed E-state index contributed by atoms with van der Waals surface area (Å²) in [6, 6.07) is 7.81. The van der Waals surface area contributed by atoms with Crippen molar-refractivity contribution in [2.24, 2.45) is 4.99 Å². The predicted octanol–water partition coefficient (Wildman–Crippen LogP) is 3.08. The van der Waals surface area contributed by atoms with E-state index < -0.39 is 0 Å². The number of aromatic nitrogens is 3. The molecule has 2 heterocycles. The molecule has 0 aliphatic rings. The zero-order valence-corrected chi connectivity index (χ0v) is 21.2. The lowest BCUT2D eigenvalue weighted by atomic mass is 10.2. The number of aryl methyl sites for hydroxylation is 1. The Kier molecular flexibility index (Phi) is 9.57. The Bertz CT molecular complexity index is 1010. The number of halogens is 1. The van der Waals surface area contributed by atoms with E-state index in [4.69, 9.17) is 14.2 Å². The second-order valence-corrected chi connectivity index (χ2v) is 6.68. The maximum absolute atomic E-state index is 5.41. The summed E-state index contributed by atoms with van der Waals surface area (Å²) < 4.78 is 18.1. The molecule has 0 bridgehead atoms. The van der Waals surface area contributed by atoms with Gasteiger partial charge in [0.25, 0.3) is 0 Å². The minimum absolute atomic E-state index is 0. The number of methoxy groups -OCH3 is 3. The van der Waals surface area contributed by atoms with Crippen molar-refractivity contribution < 1.29 is 14.2 Å². The summed E-state index contributed by atoms with van der Waals surface area (Å²) in [5, 5.41) is 6.59. The van der Waals surface area contributed by atoms with E-state index in [1.54, 1.807) is 34.6 Å². The molecule has 3 rings (SSSR count). The second-order valence-electron chi connectivity index (χ2n) is 6.68. The highest BCUT2D eigenvalue weighted by molar-refractivity contribution is 14.0. The van der Waals surface area contributed by atoms with Gasteiger partial charge in [0, 0.05) is 38.7 Å². The Hall–Kier alpha value is -3.02. The van der Waals surface area contributed by atoms with E-state index in [2.05, 4.69) is 25.6 Å². The average Bonchev–Trinajstić information content (AvgIpc) is 3.24. The van der Waals surface area contributed by atoms with Crippen LogP contribution < -0.4 is 24.8 Å². The number of hydrogen-bond acceptors (Lipinski definition) is 6. The number of guanidine groups is 1. The highest BCUT2D eigenvalue weighted by Gasteiger charge is 2.13. The summed E-state index contributed by atoms with van der Waals surface area (Å²) in [5.74, 6) is 4.20. The number of benzene rings is 1. The Morgan fingerprint density at radius 1 is 0.969 bits per heavy atom. The SMILES string of the molecule is CN=C(NCc1ccc(-n2ccnc2C)nc1)NCc1cc(OC)c(OC)c(OC)c1.I. The van der Waals surface area contributed by atoms with Crippen LogP contribution in [0.1, 0.15) is 17.0 Å². The molecule has 10 heteroatoms. The Morgan fingerprint density at radius 3 is 2.09 bits per heavy atom. The zero-order chi connectivity index (χ0) is 22.2. The van der Waals surface area contributed by atoms with Gasteiger partial charge in [-0.3, -0.25) is 9.56 Å². The number of ether oxygens (including phenoxy) is 3. The number of rotatable bonds is 8. The summed E-state index contributed by atoms with van der Waals surface area (Å²) in [4.78, 5) is 13.0. The van der Waals surface area contributed by atoms with Gasteiger partial charge in [-0.1, -0.05) is 6.07 Å². The molecular weight excluding hydrogens is 523 g/mol. The molecule has 0 saturated heterocycles. The summed E-state index contributed by atoms with van der Waals surface area (Å²) in [6.45, 7) is 3.07. The van der Waals surface area contributed by atoms with E-state index in [1.165, 1.54) is 0 Å². The van der Waals surface area contributed by atoms with Gasteiger partial charge in [0.2, 0.25) is 5.75 Å². The molecule has 0 saturated carbocycles. The van der Waals surface area contributed by atoms with Gasteiger partial charge in [0.15, 0.2) is 17.5 Å². The largest absolute Gasteiger partial charge is 0.493 e. The molecule has 9 nitrogen and oxygen atoms in total. The highest BCUT2D eigenvalue weighted by atomic mass is 127. The zero-order valence-electron chi connectivity index (χ0n) is 18.9. The van der Waals surface area contributed by atoms with Crippen molar-refractivity contribution in [1.82, 2.24) is 25.2 Å². The van der Waals surface area contributed by atoms with E-state index in [0.29, 0.717) is 36.3 Å². The lowest BCUT2D eigenvalue weighted by Crippen LogP contribution is -2.36. The monoisotopic (exact) mass is 552 g/mol. The van der Waals surface area contributed by atoms with E-state index in [1.807, 2.05) is 48.1 Å². The number of nitrogens with one attached hydrogen (secondary N) is 2. The van der Waals surface area contributed by atoms with Crippen molar-refractivity contribution in [3.63, 3.8) is 0 Å². The van der Waals surface area contributed by atoms with Gasteiger partial charge in [0.1, 0.15) is 11.6 Å². The van der Waals surface area contributed by atoms with Gasteiger partial charge in [-0.05, 0) is 36.2 Å². The lowest BCUT2D eigenvalue weighted by molar-refractivity contribution is 0.323. The van der Waals surface area contributed by atoms with Gasteiger partial charge >= 0.3 is 0 Å². The van der Waals surface area contributed by atoms with E-state index in [9.17, 15) is 0 Å². The Labute approximate surface area is 205 Å². The maximum Gasteiger partial charge on any atom is 0.203 e. The van der Waals surface area contributed by atoms with Crippen LogP contribution >= 0.6 is 24.0 Å². The fraction of sp³-hybridized carbons (Fsp3) is 0.318. The number of pyridine rings is 1. The molecule has 172 valence electrons. The molecule has 0 fully saturated rings. The number of imidazole rings is 1. The molecule has 0 amide bonds. The minimum Gasteiger partial charge on any atom is -0.493 e. The Morgan fingerprint density at radius 2 is 1.62 bits per heavy atom. The summed E-state index contributed by atoms with van der Waals surface area (Å²) in [5.41, 5.74) is 2.01. The van der Waals surface area contributed by atoms with Crippen molar-refractivity contribution in [3.8, 4) is 23.1 Å². The molecule has 0 spiro atoms. The Balaban J connectivity index is 0.00000363. The van der Waals surface area contributed by atoms with Gasteiger partial charge in [-0.15, -0.1) is 24.0 Å². The fourth-order valence-corrected chi connectivity index (χ4v) is 3.11. The number of nitrogens with zero attached hydrogens (tertiary/aromatic N) is 4. The number of aliphatic imine (C=N–C) groups is 1. The highest BCUT2D eigenvalue weighted by Crippen LogP contribution is 2.38. The molecule has 0 aliphatic heterocycles. The summed E-state index contributed by atoms with van der Waals surface area (Å²) in [7, 11) is 6.51. The number of hydrogen-bond donors (Lipinski definition) is 2. The van der Waals surface area contributed by atoms with Crippen LogP contribution in [0.25, 0.3) is 5.82 Å². The van der Waals surface area contributed by atoms with Crippen molar-refractivity contribution in [2.75, 3.05) is 28.4 Å². The molecule has 32 heavy (non-hydrogen) atoms. The quantitative estimate of drug-likeness (QED) is 0.252. The fourth-order valence-electron chi connectivity index (χ4n) is 3.11.